The third kappa shape index (κ3) is 2.90. The molecule has 2 aromatic carbocycles. The molecular formula is C20H19FN2O5. The van der Waals surface area contributed by atoms with Crippen LogP contribution in [0.2, 0.25) is 0 Å². The Labute approximate surface area is 161 Å². The molecule has 7 nitrogen and oxygen atoms in total. The fourth-order valence-corrected chi connectivity index (χ4v) is 3.38. The number of ether oxygens (including phenoxy) is 3. The quantitative estimate of drug-likeness (QED) is 0.818. The summed E-state index contributed by atoms with van der Waals surface area (Å²) in [5.74, 6) is 0.248. The van der Waals surface area contributed by atoms with Crippen LogP contribution >= 0.6 is 0 Å². The molecule has 146 valence electrons. The molecule has 1 saturated heterocycles. The second-order valence-corrected chi connectivity index (χ2v) is 6.77. The van der Waals surface area contributed by atoms with Gasteiger partial charge >= 0.3 is 6.03 Å². The van der Waals surface area contributed by atoms with Gasteiger partial charge in [-0.25, -0.2) is 9.18 Å². The van der Waals surface area contributed by atoms with E-state index >= 15 is 0 Å². The van der Waals surface area contributed by atoms with E-state index in [2.05, 4.69) is 5.32 Å². The molecule has 2 aliphatic heterocycles. The highest BCUT2D eigenvalue weighted by atomic mass is 19.1. The molecule has 4 rings (SSSR count). The summed E-state index contributed by atoms with van der Waals surface area (Å²) in [7, 11) is 1.37. The molecule has 3 amide bonds. The van der Waals surface area contributed by atoms with E-state index in [0.717, 1.165) is 4.90 Å². The van der Waals surface area contributed by atoms with E-state index in [1.54, 1.807) is 31.2 Å². The zero-order valence-corrected chi connectivity index (χ0v) is 15.5. The maximum absolute atomic E-state index is 13.9. The molecule has 28 heavy (non-hydrogen) atoms. The van der Waals surface area contributed by atoms with Crippen LogP contribution in [0.3, 0.4) is 0 Å². The molecule has 0 bridgehead atoms. The highest BCUT2D eigenvalue weighted by molar-refractivity contribution is 6.07. The van der Waals surface area contributed by atoms with E-state index < -0.39 is 23.3 Å². The number of methoxy groups -OCH3 is 1. The first-order chi connectivity index (χ1) is 13.4. The molecule has 0 aliphatic carbocycles. The Morgan fingerprint density at radius 1 is 1.14 bits per heavy atom. The van der Waals surface area contributed by atoms with Gasteiger partial charge < -0.3 is 19.5 Å². The van der Waals surface area contributed by atoms with Gasteiger partial charge in [-0.05, 0) is 42.3 Å². The van der Waals surface area contributed by atoms with E-state index in [9.17, 15) is 14.0 Å². The van der Waals surface area contributed by atoms with E-state index in [4.69, 9.17) is 14.2 Å². The number of halogens is 1. The third-order valence-corrected chi connectivity index (χ3v) is 4.95. The molecule has 1 atom stereocenters. The number of amides is 3. The number of fused-ring (bicyclic) bond motifs is 1. The lowest BCUT2D eigenvalue weighted by Gasteiger charge is -2.25. The Morgan fingerprint density at radius 2 is 1.89 bits per heavy atom. The van der Waals surface area contributed by atoms with Crippen LogP contribution < -0.4 is 19.5 Å². The van der Waals surface area contributed by atoms with Crippen molar-refractivity contribution >= 4 is 11.9 Å². The first-order valence-corrected chi connectivity index (χ1v) is 8.79. The van der Waals surface area contributed by atoms with Crippen molar-refractivity contribution in [3.8, 4) is 17.2 Å². The average molecular weight is 386 g/mol. The molecule has 0 unspecified atom stereocenters. The molecule has 1 N–H and O–H groups in total. The van der Waals surface area contributed by atoms with Gasteiger partial charge in [0, 0.05) is 0 Å². The summed E-state index contributed by atoms with van der Waals surface area (Å²) in [5, 5.41) is 2.73. The summed E-state index contributed by atoms with van der Waals surface area (Å²) < 4.78 is 29.9. The van der Waals surface area contributed by atoms with Gasteiger partial charge in [0.2, 0.25) is 0 Å². The summed E-state index contributed by atoms with van der Waals surface area (Å²) in [5.41, 5.74) is -0.190. The lowest BCUT2D eigenvalue weighted by atomic mass is 9.91. The smallest absolute Gasteiger partial charge is 0.325 e. The van der Waals surface area contributed by atoms with Crippen LogP contribution in [0.1, 0.15) is 18.1 Å². The Balaban J connectivity index is 1.60. The molecular weight excluding hydrogens is 367 g/mol. The van der Waals surface area contributed by atoms with Gasteiger partial charge in [0.05, 0.1) is 13.7 Å². The van der Waals surface area contributed by atoms with Gasteiger partial charge in [-0.3, -0.25) is 9.69 Å². The number of urea groups is 1. The Hall–Kier alpha value is -3.29. The summed E-state index contributed by atoms with van der Waals surface area (Å²) in [6.07, 6.45) is 0. The van der Waals surface area contributed by atoms with Crippen LogP contribution in [0.15, 0.2) is 36.4 Å². The SMILES string of the molecule is COc1ccc(CN2C(=O)N[C@](C)(c3ccc4c(c3)OCCO4)C2=O)cc1F. The minimum Gasteiger partial charge on any atom is -0.494 e. The minimum atomic E-state index is -1.25. The number of benzene rings is 2. The van der Waals surface area contributed by atoms with E-state index in [1.807, 2.05) is 0 Å². The highest BCUT2D eigenvalue weighted by Crippen LogP contribution is 2.37. The van der Waals surface area contributed by atoms with Gasteiger partial charge in [-0.15, -0.1) is 0 Å². The van der Waals surface area contributed by atoms with Crippen molar-refractivity contribution < 1.29 is 28.2 Å². The molecule has 2 aromatic rings. The molecule has 1 fully saturated rings. The Morgan fingerprint density at radius 3 is 2.61 bits per heavy atom. The highest BCUT2D eigenvalue weighted by Gasteiger charge is 2.49. The molecule has 0 saturated carbocycles. The number of rotatable bonds is 4. The van der Waals surface area contributed by atoms with Crippen molar-refractivity contribution in [2.45, 2.75) is 19.0 Å². The lowest BCUT2D eigenvalue weighted by molar-refractivity contribution is -0.131. The maximum atomic E-state index is 13.9. The summed E-state index contributed by atoms with van der Waals surface area (Å²) >= 11 is 0. The Bertz CT molecular complexity index is 964. The fourth-order valence-electron chi connectivity index (χ4n) is 3.38. The molecule has 0 radical (unpaired) electrons. The first kappa shape index (κ1) is 18.1. The molecule has 0 spiro atoms. The number of hydrogen-bond donors (Lipinski definition) is 1. The second kappa shape index (κ2) is 6.70. The van der Waals surface area contributed by atoms with Crippen molar-refractivity contribution in [1.29, 1.82) is 0 Å². The van der Waals surface area contributed by atoms with Crippen LogP contribution in [0, 0.1) is 5.82 Å². The number of imide groups is 1. The van der Waals surface area contributed by atoms with Crippen molar-refractivity contribution in [2.75, 3.05) is 20.3 Å². The van der Waals surface area contributed by atoms with Gasteiger partial charge in [-0.2, -0.15) is 0 Å². The number of carbonyl (C=O) groups excluding carboxylic acids is 2. The van der Waals surface area contributed by atoms with Crippen LogP contribution in [-0.4, -0.2) is 37.2 Å². The number of nitrogens with zero attached hydrogens (tertiary/aromatic N) is 1. The number of carbonyl (C=O) groups is 2. The topological polar surface area (TPSA) is 77.1 Å². The number of hydrogen-bond acceptors (Lipinski definition) is 5. The van der Waals surface area contributed by atoms with Crippen molar-refractivity contribution in [1.82, 2.24) is 10.2 Å². The predicted molar refractivity (Wildman–Crippen MR) is 96.8 cm³/mol. The summed E-state index contributed by atoms with van der Waals surface area (Å²) in [4.78, 5) is 26.6. The average Bonchev–Trinajstić information content (AvgIpc) is 2.92. The van der Waals surface area contributed by atoms with Gasteiger partial charge in [-0.1, -0.05) is 12.1 Å². The largest absolute Gasteiger partial charge is 0.494 e. The molecule has 2 heterocycles. The lowest BCUT2D eigenvalue weighted by Crippen LogP contribution is -2.41. The maximum Gasteiger partial charge on any atom is 0.325 e. The summed E-state index contributed by atoms with van der Waals surface area (Å²) in [6, 6.07) is 8.92. The Kier molecular flexibility index (Phi) is 4.33. The van der Waals surface area contributed by atoms with Gasteiger partial charge in [0.1, 0.15) is 18.8 Å². The predicted octanol–water partition coefficient (Wildman–Crippen LogP) is 2.57. The van der Waals surface area contributed by atoms with E-state index in [-0.39, 0.29) is 12.3 Å². The van der Waals surface area contributed by atoms with Crippen LogP contribution in [-0.2, 0) is 16.9 Å². The number of nitrogens with one attached hydrogen (secondary N) is 1. The zero-order valence-electron chi connectivity index (χ0n) is 15.5. The van der Waals surface area contributed by atoms with Gasteiger partial charge in [0.15, 0.2) is 23.1 Å². The first-order valence-electron chi connectivity index (χ1n) is 8.79. The van der Waals surface area contributed by atoms with E-state index in [0.29, 0.717) is 35.8 Å². The fraction of sp³-hybridized carbons (Fsp3) is 0.300. The second-order valence-electron chi connectivity index (χ2n) is 6.77. The molecule has 8 heteroatoms. The van der Waals surface area contributed by atoms with E-state index in [1.165, 1.54) is 19.2 Å². The van der Waals surface area contributed by atoms with Gasteiger partial charge in [0.25, 0.3) is 5.91 Å². The van der Waals surface area contributed by atoms with Crippen molar-refractivity contribution in [2.24, 2.45) is 0 Å². The molecule has 2 aliphatic rings. The normalized spacial score (nSPS) is 20.9. The standard InChI is InChI=1S/C20H19FN2O5/c1-20(13-4-6-16-17(10-13)28-8-7-27-16)18(24)23(19(25)22-20)11-12-3-5-15(26-2)14(21)9-12/h3-6,9-10H,7-8,11H2,1-2H3,(H,22,25)/t20-/m1/s1. The monoisotopic (exact) mass is 386 g/mol. The van der Waals surface area contributed by atoms with Crippen LogP contribution in [0.5, 0.6) is 17.2 Å². The molecule has 0 aromatic heterocycles. The third-order valence-electron chi connectivity index (χ3n) is 4.95. The van der Waals surface area contributed by atoms with Crippen LogP contribution in [0.4, 0.5) is 9.18 Å². The van der Waals surface area contributed by atoms with Crippen molar-refractivity contribution in [3.63, 3.8) is 0 Å². The van der Waals surface area contributed by atoms with Crippen LogP contribution in [0.25, 0.3) is 0 Å². The minimum absolute atomic E-state index is 0.0499. The zero-order chi connectivity index (χ0) is 19.9. The van der Waals surface area contributed by atoms with Crippen molar-refractivity contribution in [3.05, 3.63) is 53.3 Å². The summed E-state index contributed by atoms with van der Waals surface area (Å²) in [6.45, 7) is 2.47.